The summed E-state index contributed by atoms with van der Waals surface area (Å²) in [5.41, 5.74) is 3.51. The second-order valence-electron chi connectivity index (χ2n) is 7.91. The van der Waals surface area contributed by atoms with Crippen molar-refractivity contribution in [3.8, 4) is 0 Å². The van der Waals surface area contributed by atoms with Crippen molar-refractivity contribution in [2.75, 3.05) is 26.2 Å². The minimum absolute atomic E-state index is 0.0198. The number of nitrogens with zero attached hydrogens (tertiary/aromatic N) is 2. The predicted octanol–water partition coefficient (Wildman–Crippen LogP) is 3.25. The first-order chi connectivity index (χ1) is 14.5. The number of amides is 2. The molecule has 1 N–H and O–H groups in total. The third-order valence-corrected chi connectivity index (χ3v) is 5.38. The topological polar surface area (TPSA) is 52.6 Å². The minimum atomic E-state index is -0.540. The first-order valence-electron chi connectivity index (χ1n) is 10.6. The van der Waals surface area contributed by atoms with E-state index in [9.17, 15) is 9.59 Å². The molecule has 5 heteroatoms. The van der Waals surface area contributed by atoms with Gasteiger partial charge in [0.1, 0.15) is 6.04 Å². The molecule has 0 aliphatic carbocycles. The molecule has 0 spiro atoms. The van der Waals surface area contributed by atoms with Gasteiger partial charge < -0.3 is 10.2 Å². The van der Waals surface area contributed by atoms with Crippen molar-refractivity contribution in [3.05, 3.63) is 77.4 Å². The van der Waals surface area contributed by atoms with Crippen LogP contribution in [0.2, 0.25) is 0 Å². The van der Waals surface area contributed by atoms with Gasteiger partial charge in [0.05, 0.1) is 0 Å². The summed E-state index contributed by atoms with van der Waals surface area (Å²) >= 11 is 0. The molecule has 1 atom stereocenters. The monoisotopic (exact) mass is 405 g/mol. The van der Waals surface area contributed by atoms with Gasteiger partial charge >= 0.3 is 0 Å². The highest BCUT2D eigenvalue weighted by Gasteiger charge is 2.24. The van der Waals surface area contributed by atoms with Crippen molar-refractivity contribution < 1.29 is 9.59 Å². The second kappa shape index (κ2) is 10.7. The van der Waals surface area contributed by atoms with Gasteiger partial charge in [-0.25, -0.2) is 0 Å². The zero-order valence-electron chi connectivity index (χ0n) is 17.9. The van der Waals surface area contributed by atoms with Gasteiger partial charge in [-0.15, -0.1) is 0 Å². The van der Waals surface area contributed by atoms with E-state index in [4.69, 9.17) is 0 Å². The summed E-state index contributed by atoms with van der Waals surface area (Å²) in [6.45, 7) is 7.97. The van der Waals surface area contributed by atoms with Gasteiger partial charge in [-0.05, 0) is 37.5 Å². The Morgan fingerprint density at radius 1 is 1.00 bits per heavy atom. The van der Waals surface area contributed by atoms with Crippen LogP contribution in [-0.4, -0.2) is 53.8 Å². The van der Waals surface area contributed by atoms with E-state index in [0.29, 0.717) is 6.54 Å². The zero-order valence-corrected chi connectivity index (χ0v) is 17.9. The largest absolute Gasteiger partial charge is 0.341 e. The lowest BCUT2D eigenvalue weighted by atomic mass is 10.1. The predicted molar refractivity (Wildman–Crippen MR) is 121 cm³/mol. The summed E-state index contributed by atoms with van der Waals surface area (Å²) < 4.78 is 0. The molecule has 0 bridgehead atoms. The fourth-order valence-electron chi connectivity index (χ4n) is 3.63. The maximum atomic E-state index is 12.8. The minimum Gasteiger partial charge on any atom is -0.341 e. The van der Waals surface area contributed by atoms with Gasteiger partial charge in [0, 0.05) is 38.8 Å². The zero-order chi connectivity index (χ0) is 21.3. The highest BCUT2D eigenvalue weighted by atomic mass is 16.2. The maximum absolute atomic E-state index is 12.8. The van der Waals surface area contributed by atoms with Crippen LogP contribution in [0.3, 0.4) is 0 Å². The number of benzene rings is 2. The third kappa shape index (κ3) is 6.56. The van der Waals surface area contributed by atoms with E-state index in [1.807, 2.05) is 35.2 Å². The smallest absolute Gasteiger partial charge is 0.244 e. The Bertz CT molecular complexity index is 862. The molecule has 1 aliphatic rings. The molecule has 2 aromatic carbocycles. The average Bonchev–Trinajstić information content (AvgIpc) is 2.99. The molecule has 0 saturated carbocycles. The Morgan fingerprint density at radius 3 is 2.47 bits per heavy atom. The molecule has 3 rings (SSSR count). The number of nitrogens with one attached hydrogen (secondary N) is 1. The Morgan fingerprint density at radius 2 is 1.73 bits per heavy atom. The van der Waals surface area contributed by atoms with Crippen molar-refractivity contribution in [2.45, 2.75) is 32.9 Å². The highest BCUT2D eigenvalue weighted by molar-refractivity contribution is 5.95. The maximum Gasteiger partial charge on any atom is 0.244 e. The van der Waals surface area contributed by atoms with E-state index >= 15 is 0 Å². The van der Waals surface area contributed by atoms with E-state index in [-0.39, 0.29) is 11.8 Å². The lowest BCUT2D eigenvalue weighted by Gasteiger charge is -2.25. The molecule has 1 unspecified atom stereocenters. The van der Waals surface area contributed by atoms with Crippen LogP contribution < -0.4 is 5.32 Å². The fourth-order valence-corrected chi connectivity index (χ4v) is 3.63. The first kappa shape index (κ1) is 21.8. The second-order valence-corrected chi connectivity index (χ2v) is 7.91. The summed E-state index contributed by atoms with van der Waals surface area (Å²) in [5, 5.41) is 2.79. The van der Waals surface area contributed by atoms with Crippen molar-refractivity contribution in [3.63, 3.8) is 0 Å². The van der Waals surface area contributed by atoms with E-state index < -0.39 is 6.04 Å². The fraction of sp³-hybridized carbons (Fsp3) is 0.360. The average molecular weight is 406 g/mol. The van der Waals surface area contributed by atoms with Crippen LogP contribution in [0.15, 0.2) is 60.7 Å². The summed E-state index contributed by atoms with van der Waals surface area (Å²) in [4.78, 5) is 29.3. The van der Waals surface area contributed by atoms with Crippen LogP contribution in [0.5, 0.6) is 0 Å². The van der Waals surface area contributed by atoms with E-state index in [1.54, 1.807) is 13.0 Å². The normalized spacial score (nSPS) is 16.3. The molecule has 1 heterocycles. The van der Waals surface area contributed by atoms with Crippen LogP contribution in [0.25, 0.3) is 6.08 Å². The number of carbonyl (C=O) groups is 2. The van der Waals surface area contributed by atoms with Gasteiger partial charge in [0.15, 0.2) is 0 Å². The van der Waals surface area contributed by atoms with Crippen molar-refractivity contribution in [2.24, 2.45) is 0 Å². The van der Waals surface area contributed by atoms with Gasteiger partial charge in [-0.3, -0.25) is 14.5 Å². The Hall–Kier alpha value is -2.92. The molecular formula is C25H31N3O2. The lowest BCUT2D eigenvalue weighted by molar-refractivity contribution is -0.135. The third-order valence-electron chi connectivity index (χ3n) is 5.38. The molecule has 158 valence electrons. The summed E-state index contributed by atoms with van der Waals surface area (Å²) in [6, 6.07) is 17.7. The summed E-state index contributed by atoms with van der Waals surface area (Å²) in [7, 11) is 0. The van der Waals surface area contributed by atoms with E-state index in [2.05, 4.69) is 41.4 Å². The number of carbonyl (C=O) groups excluding carboxylic acids is 2. The van der Waals surface area contributed by atoms with Crippen LogP contribution in [0.1, 0.15) is 30.0 Å². The van der Waals surface area contributed by atoms with Crippen LogP contribution in [0, 0.1) is 6.92 Å². The molecule has 1 saturated heterocycles. The van der Waals surface area contributed by atoms with Crippen LogP contribution in [-0.2, 0) is 16.1 Å². The molecule has 2 aromatic rings. The molecule has 1 fully saturated rings. The van der Waals surface area contributed by atoms with E-state index in [0.717, 1.165) is 38.2 Å². The van der Waals surface area contributed by atoms with Crippen molar-refractivity contribution in [1.29, 1.82) is 0 Å². The van der Waals surface area contributed by atoms with Gasteiger partial charge in [-0.2, -0.15) is 0 Å². The Labute approximate surface area is 179 Å². The van der Waals surface area contributed by atoms with Crippen LogP contribution >= 0.6 is 0 Å². The number of rotatable bonds is 6. The van der Waals surface area contributed by atoms with Crippen molar-refractivity contribution in [1.82, 2.24) is 15.1 Å². The van der Waals surface area contributed by atoms with Crippen LogP contribution in [0.4, 0.5) is 0 Å². The molecule has 1 aliphatic heterocycles. The highest BCUT2D eigenvalue weighted by Crippen LogP contribution is 2.11. The standard InChI is InChI=1S/C25H31N3O2/c1-20-9-11-23(12-10-20)19-27-15-6-16-28(18-17-27)25(30)21(2)26-24(29)14-13-22-7-4-3-5-8-22/h3-5,7-14,21H,6,15-19H2,1-2H3,(H,26,29)/b14-13+. The van der Waals surface area contributed by atoms with Gasteiger partial charge in [0.25, 0.3) is 0 Å². The Balaban J connectivity index is 1.48. The molecular weight excluding hydrogens is 374 g/mol. The number of hydrogen-bond donors (Lipinski definition) is 1. The number of hydrogen-bond acceptors (Lipinski definition) is 3. The van der Waals surface area contributed by atoms with Gasteiger partial charge in [0.2, 0.25) is 11.8 Å². The first-order valence-corrected chi connectivity index (χ1v) is 10.6. The molecule has 0 radical (unpaired) electrons. The quantitative estimate of drug-likeness (QED) is 0.751. The number of aryl methyl sites for hydroxylation is 1. The summed E-state index contributed by atoms with van der Waals surface area (Å²) in [5.74, 6) is -0.274. The van der Waals surface area contributed by atoms with E-state index in [1.165, 1.54) is 17.2 Å². The SMILES string of the molecule is Cc1ccc(CN2CCCN(C(=O)C(C)NC(=O)/C=C/c3ccccc3)CC2)cc1. The van der Waals surface area contributed by atoms with Gasteiger partial charge in [-0.1, -0.05) is 60.2 Å². The summed E-state index contributed by atoms with van der Waals surface area (Å²) in [6.07, 6.45) is 4.17. The molecule has 30 heavy (non-hydrogen) atoms. The lowest BCUT2D eigenvalue weighted by Crippen LogP contribution is -2.47. The Kier molecular flexibility index (Phi) is 7.80. The molecule has 5 nitrogen and oxygen atoms in total. The molecule has 0 aromatic heterocycles. The van der Waals surface area contributed by atoms with Crippen molar-refractivity contribution >= 4 is 17.9 Å². The molecule has 2 amide bonds.